The van der Waals surface area contributed by atoms with Crippen LogP contribution in [0.4, 0.5) is 4.39 Å². The second kappa shape index (κ2) is 6.34. The Balaban J connectivity index is 1.54. The molecule has 1 aromatic carbocycles. The van der Waals surface area contributed by atoms with Crippen molar-refractivity contribution >= 4 is 16.9 Å². The van der Waals surface area contributed by atoms with E-state index in [1.807, 2.05) is 18.2 Å². The number of halogens is 1. The van der Waals surface area contributed by atoms with Gasteiger partial charge in [0.25, 0.3) is 0 Å². The number of amides is 1. The lowest BCUT2D eigenvalue weighted by molar-refractivity contribution is -0.121. The first-order valence-corrected chi connectivity index (χ1v) is 7.01. The number of aromatic amines is 1. The van der Waals surface area contributed by atoms with Gasteiger partial charge in [-0.25, -0.2) is 9.37 Å². The maximum absolute atomic E-state index is 13.1. The Bertz CT molecular complexity index is 799. The number of nitrogens with one attached hydrogen (secondary N) is 2. The van der Waals surface area contributed by atoms with Gasteiger partial charge < -0.3 is 5.32 Å². The van der Waals surface area contributed by atoms with Crippen LogP contribution in [0.3, 0.4) is 0 Å². The third kappa shape index (κ3) is 3.28. The molecule has 2 aromatic heterocycles. The molecule has 0 fully saturated rings. The zero-order valence-corrected chi connectivity index (χ0v) is 11.8. The topological polar surface area (TPSA) is 70.7 Å². The van der Waals surface area contributed by atoms with E-state index in [9.17, 15) is 9.18 Å². The van der Waals surface area contributed by atoms with Gasteiger partial charge in [-0.2, -0.15) is 5.10 Å². The van der Waals surface area contributed by atoms with E-state index >= 15 is 0 Å². The Morgan fingerprint density at radius 3 is 3.05 bits per heavy atom. The van der Waals surface area contributed by atoms with Crippen LogP contribution in [0.5, 0.6) is 0 Å². The van der Waals surface area contributed by atoms with Crippen LogP contribution in [0, 0.1) is 5.82 Å². The minimum Gasteiger partial charge on any atom is -0.350 e. The smallest absolute Gasteiger partial charge is 0.220 e. The third-order valence-corrected chi connectivity index (χ3v) is 3.40. The van der Waals surface area contributed by atoms with Crippen molar-refractivity contribution in [1.29, 1.82) is 0 Å². The van der Waals surface area contributed by atoms with Crippen LogP contribution < -0.4 is 5.32 Å². The molecule has 22 heavy (non-hydrogen) atoms. The van der Waals surface area contributed by atoms with Crippen molar-refractivity contribution < 1.29 is 9.18 Å². The van der Waals surface area contributed by atoms with Crippen molar-refractivity contribution in [2.24, 2.45) is 0 Å². The summed E-state index contributed by atoms with van der Waals surface area (Å²) in [5, 5.41) is 10.7. The average molecular weight is 298 g/mol. The zero-order chi connectivity index (χ0) is 15.4. The fourth-order valence-electron chi connectivity index (χ4n) is 2.26. The Morgan fingerprint density at radius 2 is 2.18 bits per heavy atom. The molecule has 0 aliphatic carbocycles. The number of aromatic nitrogens is 3. The summed E-state index contributed by atoms with van der Waals surface area (Å²) in [6.07, 6.45) is 2.49. The van der Waals surface area contributed by atoms with Crippen LogP contribution in [-0.2, 0) is 17.8 Å². The summed E-state index contributed by atoms with van der Waals surface area (Å²) in [6.45, 7) is 0.365. The van der Waals surface area contributed by atoms with E-state index in [0.29, 0.717) is 25.0 Å². The molecular formula is C16H15FN4O. The molecule has 0 saturated carbocycles. The molecule has 0 spiro atoms. The molecule has 3 aromatic rings. The van der Waals surface area contributed by atoms with Gasteiger partial charge in [0.2, 0.25) is 5.91 Å². The number of benzene rings is 1. The van der Waals surface area contributed by atoms with Crippen molar-refractivity contribution in [3.8, 4) is 0 Å². The molecule has 0 saturated heterocycles. The zero-order valence-electron chi connectivity index (χ0n) is 11.8. The Morgan fingerprint density at radius 1 is 1.27 bits per heavy atom. The monoisotopic (exact) mass is 298 g/mol. The molecule has 112 valence electrons. The molecule has 3 rings (SSSR count). The van der Waals surface area contributed by atoms with Crippen LogP contribution in [0.1, 0.15) is 17.7 Å². The van der Waals surface area contributed by atoms with Gasteiger partial charge in [0.05, 0.1) is 12.2 Å². The number of hydrogen-bond donors (Lipinski definition) is 2. The molecular weight excluding hydrogens is 283 g/mol. The van der Waals surface area contributed by atoms with Crippen molar-refractivity contribution in [3.05, 3.63) is 59.7 Å². The molecule has 0 atom stereocenters. The molecule has 6 heteroatoms. The summed E-state index contributed by atoms with van der Waals surface area (Å²) in [7, 11) is 0. The normalized spacial score (nSPS) is 10.8. The molecule has 0 radical (unpaired) electrons. The van der Waals surface area contributed by atoms with Crippen molar-refractivity contribution in [1.82, 2.24) is 20.5 Å². The van der Waals surface area contributed by atoms with Crippen LogP contribution in [0.2, 0.25) is 0 Å². The van der Waals surface area contributed by atoms with Gasteiger partial charge in [0.15, 0.2) is 5.65 Å². The number of fused-ring (bicyclic) bond motifs is 1. The summed E-state index contributed by atoms with van der Waals surface area (Å²) in [5.41, 5.74) is 2.26. The molecule has 1 amide bonds. The minimum absolute atomic E-state index is 0.0871. The standard InChI is InChI=1S/C16H15FN4O/c17-12-4-1-3-11(9-12)6-7-15(22)19-10-14-13-5-2-8-18-16(13)21-20-14/h1-5,8-9H,6-7,10H2,(H,19,22)(H,18,20,21). The minimum atomic E-state index is -0.283. The summed E-state index contributed by atoms with van der Waals surface area (Å²) in [6, 6.07) is 10.0. The number of aryl methyl sites for hydroxylation is 1. The average Bonchev–Trinajstić information content (AvgIpc) is 2.94. The predicted molar refractivity (Wildman–Crippen MR) is 80.5 cm³/mol. The van der Waals surface area contributed by atoms with Gasteiger partial charge in [-0.15, -0.1) is 0 Å². The molecule has 0 aliphatic heterocycles. The van der Waals surface area contributed by atoms with Crippen molar-refractivity contribution in [2.75, 3.05) is 0 Å². The largest absolute Gasteiger partial charge is 0.350 e. The first kappa shape index (κ1) is 14.2. The second-order valence-electron chi connectivity index (χ2n) is 4.98. The number of hydrogen-bond acceptors (Lipinski definition) is 3. The van der Waals surface area contributed by atoms with E-state index in [1.165, 1.54) is 12.1 Å². The SMILES string of the molecule is O=C(CCc1cccc(F)c1)NCc1[nH]nc2ncccc12. The molecule has 2 N–H and O–H groups in total. The van der Waals surface area contributed by atoms with E-state index in [1.54, 1.807) is 12.3 Å². The highest BCUT2D eigenvalue weighted by atomic mass is 19.1. The molecule has 5 nitrogen and oxygen atoms in total. The van der Waals surface area contributed by atoms with E-state index in [-0.39, 0.29) is 11.7 Å². The first-order valence-electron chi connectivity index (χ1n) is 7.01. The van der Waals surface area contributed by atoms with Crippen LogP contribution in [-0.4, -0.2) is 21.1 Å². The third-order valence-electron chi connectivity index (χ3n) is 3.40. The maximum atomic E-state index is 13.1. The summed E-state index contributed by atoms with van der Waals surface area (Å²) in [5.74, 6) is -0.370. The van der Waals surface area contributed by atoms with Gasteiger partial charge in [-0.05, 0) is 36.2 Å². The van der Waals surface area contributed by atoms with E-state index in [2.05, 4.69) is 20.5 Å². The van der Waals surface area contributed by atoms with Crippen LogP contribution in [0.25, 0.3) is 11.0 Å². The Hall–Kier alpha value is -2.76. The molecule has 0 unspecified atom stereocenters. The first-order chi connectivity index (χ1) is 10.7. The number of carbonyl (C=O) groups is 1. The van der Waals surface area contributed by atoms with E-state index in [0.717, 1.165) is 16.6 Å². The van der Waals surface area contributed by atoms with Gasteiger partial charge in [0.1, 0.15) is 5.82 Å². The highest BCUT2D eigenvalue weighted by Crippen LogP contribution is 2.12. The highest BCUT2D eigenvalue weighted by molar-refractivity contribution is 5.79. The van der Waals surface area contributed by atoms with Crippen LogP contribution in [0.15, 0.2) is 42.6 Å². The number of H-pyrrole nitrogens is 1. The number of pyridine rings is 1. The maximum Gasteiger partial charge on any atom is 0.220 e. The number of nitrogens with zero attached hydrogens (tertiary/aromatic N) is 2. The van der Waals surface area contributed by atoms with Gasteiger partial charge in [-0.3, -0.25) is 9.89 Å². The lowest BCUT2D eigenvalue weighted by atomic mass is 10.1. The van der Waals surface area contributed by atoms with E-state index in [4.69, 9.17) is 0 Å². The fraction of sp³-hybridized carbons (Fsp3) is 0.188. The number of rotatable bonds is 5. The van der Waals surface area contributed by atoms with Gasteiger partial charge >= 0.3 is 0 Å². The molecule has 0 bridgehead atoms. The summed E-state index contributed by atoms with van der Waals surface area (Å²) in [4.78, 5) is 16.0. The summed E-state index contributed by atoms with van der Waals surface area (Å²) < 4.78 is 13.1. The lowest BCUT2D eigenvalue weighted by Crippen LogP contribution is -2.23. The predicted octanol–water partition coefficient (Wildman–Crippen LogP) is 2.35. The highest BCUT2D eigenvalue weighted by Gasteiger charge is 2.07. The Kier molecular flexibility index (Phi) is 4.09. The lowest BCUT2D eigenvalue weighted by Gasteiger charge is -2.04. The molecule has 2 heterocycles. The van der Waals surface area contributed by atoms with Crippen molar-refractivity contribution in [3.63, 3.8) is 0 Å². The summed E-state index contributed by atoms with van der Waals surface area (Å²) >= 11 is 0. The van der Waals surface area contributed by atoms with Gasteiger partial charge in [0, 0.05) is 18.0 Å². The molecule has 0 aliphatic rings. The van der Waals surface area contributed by atoms with Crippen molar-refractivity contribution in [2.45, 2.75) is 19.4 Å². The quantitative estimate of drug-likeness (QED) is 0.759. The second-order valence-corrected chi connectivity index (χ2v) is 4.98. The van der Waals surface area contributed by atoms with Gasteiger partial charge in [-0.1, -0.05) is 12.1 Å². The van der Waals surface area contributed by atoms with E-state index < -0.39 is 0 Å². The Labute approximate surface area is 126 Å². The number of carbonyl (C=O) groups excluding carboxylic acids is 1. The van der Waals surface area contributed by atoms with Crippen LogP contribution >= 0.6 is 0 Å². The fourth-order valence-corrected chi connectivity index (χ4v) is 2.26.